The molecule has 0 amide bonds. The second-order valence-electron chi connectivity index (χ2n) is 5.95. The van der Waals surface area contributed by atoms with Crippen LogP contribution in [0.2, 0.25) is 0 Å². The van der Waals surface area contributed by atoms with Gasteiger partial charge in [0.05, 0.1) is 5.69 Å². The van der Waals surface area contributed by atoms with Crippen LogP contribution in [0.15, 0.2) is 23.4 Å². The van der Waals surface area contributed by atoms with Gasteiger partial charge in [-0.15, -0.1) is 0 Å². The summed E-state index contributed by atoms with van der Waals surface area (Å²) < 4.78 is 27.2. The van der Waals surface area contributed by atoms with Crippen LogP contribution < -0.4 is 5.32 Å². The van der Waals surface area contributed by atoms with Crippen LogP contribution in [0.4, 0.5) is 5.69 Å². The lowest BCUT2D eigenvalue weighted by Crippen LogP contribution is -2.42. The van der Waals surface area contributed by atoms with Gasteiger partial charge >= 0.3 is 0 Å². The summed E-state index contributed by atoms with van der Waals surface area (Å²) in [5, 5.41) is 3.23. The van der Waals surface area contributed by atoms with Gasteiger partial charge in [0.15, 0.2) is 5.03 Å². The van der Waals surface area contributed by atoms with Crippen molar-refractivity contribution in [2.75, 3.05) is 25.0 Å². The van der Waals surface area contributed by atoms with Gasteiger partial charge in [-0.25, -0.2) is 13.4 Å². The monoisotopic (exact) mass is 311 g/mol. The molecule has 0 aromatic carbocycles. The Kier molecular flexibility index (Phi) is 4.88. The predicted molar refractivity (Wildman–Crippen MR) is 84.8 cm³/mol. The third kappa shape index (κ3) is 3.37. The normalized spacial score (nSPS) is 19.4. The van der Waals surface area contributed by atoms with E-state index in [0.29, 0.717) is 25.3 Å². The van der Waals surface area contributed by atoms with Gasteiger partial charge in [0.2, 0.25) is 0 Å². The Morgan fingerprint density at radius 3 is 2.57 bits per heavy atom. The average molecular weight is 311 g/mol. The molecule has 1 N–H and O–H groups in total. The maximum atomic E-state index is 12.8. The number of anilines is 1. The summed E-state index contributed by atoms with van der Waals surface area (Å²) in [7, 11) is -3.51. The molecule has 0 saturated carbocycles. The number of hydrogen-bond acceptors (Lipinski definition) is 4. The smallest absolute Gasteiger partial charge is 0.262 e. The molecule has 1 saturated heterocycles. The molecular weight excluding hydrogens is 286 g/mol. The Balaban J connectivity index is 2.24. The topological polar surface area (TPSA) is 62.3 Å². The number of nitrogens with one attached hydrogen (secondary N) is 1. The third-order valence-corrected chi connectivity index (χ3v) is 6.36. The summed E-state index contributed by atoms with van der Waals surface area (Å²) in [5.74, 6) is 0. The molecular formula is C15H25N3O2S. The van der Waals surface area contributed by atoms with Crippen molar-refractivity contribution in [2.24, 2.45) is 5.41 Å². The highest BCUT2D eigenvalue weighted by Gasteiger charge is 2.35. The van der Waals surface area contributed by atoms with E-state index >= 15 is 0 Å². The molecule has 1 aliphatic heterocycles. The van der Waals surface area contributed by atoms with E-state index in [9.17, 15) is 8.42 Å². The van der Waals surface area contributed by atoms with Gasteiger partial charge in [-0.2, -0.15) is 4.31 Å². The first-order valence-electron chi connectivity index (χ1n) is 7.62. The summed E-state index contributed by atoms with van der Waals surface area (Å²) in [4.78, 5) is 4.11. The maximum absolute atomic E-state index is 12.8. The van der Waals surface area contributed by atoms with Gasteiger partial charge in [0, 0.05) is 25.8 Å². The molecule has 21 heavy (non-hydrogen) atoms. The van der Waals surface area contributed by atoms with E-state index in [0.717, 1.165) is 19.3 Å². The highest BCUT2D eigenvalue weighted by molar-refractivity contribution is 7.89. The molecule has 0 aliphatic carbocycles. The Labute approximate surface area is 127 Å². The van der Waals surface area contributed by atoms with Crippen LogP contribution in [0.3, 0.4) is 0 Å². The molecule has 0 radical (unpaired) electrons. The molecule has 6 heteroatoms. The number of piperidine rings is 1. The molecule has 1 aliphatic rings. The minimum Gasteiger partial charge on any atom is -0.383 e. The zero-order chi connectivity index (χ0) is 15.5. The van der Waals surface area contributed by atoms with E-state index in [4.69, 9.17) is 0 Å². The van der Waals surface area contributed by atoms with Crippen LogP contribution in [-0.2, 0) is 10.0 Å². The SMILES string of the molecule is CCNc1cccnc1S(=O)(=O)N1CCC(C)(CC)CC1. The van der Waals surface area contributed by atoms with Crippen LogP contribution in [0.5, 0.6) is 0 Å². The van der Waals surface area contributed by atoms with E-state index in [1.807, 2.05) is 6.92 Å². The van der Waals surface area contributed by atoms with Crippen molar-refractivity contribution in [1.82, 2.24) is 9.29 Å². The highest BCUT2D eigenvalue weighted by Crippen LogP contribution is 2.36. The standard InChI is InChI=1S/C15H25N3O2S/c1-4-15(3)8-11-18(12-9-15)21(19,20)14-13(16-5-2)7-6-10-17-14/h6-7,10,16H,4-5,8-9,11-12H2,1-3H3. The largest absolute Gasteiger partial charge is 0.383 e. The summed E-state index contributed by atoms with van der Waals surface area (Å²) >= 11 is 0. The van der Waals surface area contributed by atoms with E-state index < -0.39 is 10.0 Å². The van der Waals surface area contributed by atoms with Crippen LogP contribution in [-0.4, -0.2) is 37.3 Å². The van der Waals surface area contributed by atoms with Crippen LogP contribution in [0.1, 0.15) is 40.0 Å². The Hall–Kier alpha value is -1.14. The molecule has 2 rings (SSSR count). The van der Waals surface area contributed by atoms with Gasteiger partial charge in [0.25, 0.3) is 10.0 Å². The molecule has 0 bridgehead atoms. The number of nitrogens with zero attached hydrogens (tertiary/aromatic N) is 2. The predicted octanol–water partition coefficient (Wildman–Crippen LogP) is 2.71. The zero-order valence-electron chi connectivity index (χ0n) is 13.1. The van der Waals surface area contributed by atoms with Crippen molar-refractivity contribution in [3.8, 4) is 0 Å². The molecule has 0 spiro atoms. The molecule has 1 aromatic rings. The van der Waals surface area contributed by atoms with Crippen LogP contribution in [0, 0.1) is 5.41 Å². The van der Waals surface area contributed by atoms with Gasteiger partial charge in [-0.05, 0) is 37.3 Å². The van der Waals surface area contributed by atoms with Crippen molar-refractivity contribution in [2.45, 2.75) is 45.1 Å². The Morgan fingerprint density at radius 2 is 2.00 bits per heavy atom. The van der Waals surface area contributed by atoms with Crippen LogP contribution >= 0.6 is 0 Å². The van der Waals surface area contributed by atoms with Gasteiger partial charge in [-0.3, -0.25) is 0 Å². The number of hydrogen-bond donors (Lipinski definition) is 1. The first-order chi connectivity index (χ1) is 9.93. The summed E-state index contributed by atoms with van der Waals surface area (Å²) in [6.45, 7) is 8.18. The highest BCUT2D eigenvalue weighted by atomic mass is 32.2. The number of rotatable bonds is 5. The van der Waals surface area contributed by atoms with Crippen molar-refractivity contribution in [3.05, 3.63) is 18.3 Å². The summed E-state index contributed by atoms with van der Waals surface area (Å²) in [6, 6.07) is 3.52. The quantitative estimate of drug-likeness (QED) is 0.908. The van der Waals surface area contributed by atoms with Crippen molar-refractivity contribution < 1.29 is 8.42 Å². The third-order valence-electron chi connectivity index (χ3n) is 4.51. The van der Waals surface area contributed by atoms with Crippen LogP contribution in [0.25, 0.3) is 0 Å². The molecule has 1 fully saturated rings. The lowest BCUT2D eigenvalue weighted by atomic mass is 9.79. The van der Waals surface area contributed by atoms with Gasteiger partial charge in [0.1, 0.15) is 0 Å². The number of aromatic nitrogens is 1. The molecule has 2 heterocycles. The fourth-order valence-electron chi connectivity index (χ4n) is 2.66. The van der Waals surface area contributed by atoms with Crippen molar-refractivity contribution in [1.29, 1.82) is 0 Å². The lowest BCUT2D eigenvalue weighted by molar-refractivity contribution is 0.168. The summed E-state index contributed by atoms with van der Waals surface area (Å²) in [5.41, 5.74) is 0.851. The number of pyridine rings is 1. The lowest BCUT2D eigenvalue weighted by Gasteiger charge is -2.38. The first kappa shape index (κ1) is 16.2. The molecule has 5 nitrogen and oxygen atoms in total. The van der Waals surface area contributed by atoms with E-state index in [1.165, 1.54) is 6.20 Å². The zero-order valence-corrected chi connectivity index (χ0v) is 13.9. The van der Waals surface area contributed by atoms with E-state index in [-0.39, 0.29) is 10.4 Å². The van der Waals surface area contributed by atoms with Gasteiger partial charge < -0.3 is 5.32 Å². The number of sulfonamides is 1. The Morgan fingerprint density at radius 1 is 1.33 bits per heavy atom. The fraction of sp³-hybridized carbons (Fsp3) is 0.667. The molecule has 1 aromatic heterocycles. The second-order valence-corrected chi connectivity index (χ2v) is 7.81. The minimum atomic E-state index is -3.51. The molecule has 0 atom stereocenters. The van der Waals surface area contributed by atoms with Crippen molar-refractivity contribution in [3.63, 3.8) is 0 Å². The average Bonchev–Trinajstić information content (AvgIpc) is 2.48. The van der Waals surface area contributed by atoms with Crippen molar-refractivity contribution >= 4 is 15.7 Å². The Bertz CT molecular complexity index is 578. The second kappa shape index (κ2) is 6.32. The molecule has 118 valence electrons. The van der Waals surface area contributed by atoms with Gasteiger partial charge in [-0.1, -0.05) is 20.3 Å². The maximum Gasteiger partial charge on any atom is 0.262 e. The minimum absolute atomic E-state index is 0.145. The molecule has 0 unspecified atom stereocenters. The van der Waals surface area contributed by atoms with E-state index in [2.05, 4.69) is 24.1 Å². The first-order valence-corrected chi connectivity index (χ1v) is 9.06. The van der Waals surface area contributed by atoms with E-state index in [1.54, 1.807) is 16.4 Å². The fourth-order valence-corrected chi connectivity index (χ4v) is 4.18. The summed E-state index contributed by atoms with van der Waals surface area (Å²) in [6.07, 6.45) is 4.44.